The van der Waals surface area contributed by atoms with Crippen LogP contribution in [0.4, 0.5) is 32.3 Å². The lowest BCUT2D eigenvalue weighted by Crippen LogP contribution is -2.40. The quantitative estimate of drug-likeness (QED) is 0.319. The van der Waals surface area contributed by atoms with Crippen LogP contribution >= 0.6 is 0 Å². The number of hydrogen-bond acceptors (Lipinski definition) is 9. The topological polar surface area (TPSA) is 149 Å². The van der Waals surface area contributed by atoms with Gasteiger partial charge in [-0.1, -0.05) is 5.10 Å². The number of rotatable bonds is 5. The Morgan fingerprint density at radius 2 is 1.15 bits per heavy atom. The summed E-state index contributed by atoms with van der Waals surface area (Å²) in [6, 6.07) is 1.96. The summed E-state index contributed by atoms with van der Waals surface area (Å²) in [5, 5.41) is 10.0. The van der Waals surface area contributed by atoms with Crippen LogP contribution in [0.25, 0.3) is 0 Å². The molecule has 2 aromatic carbocycles. The van der Waals surface area contributed by atoms with Crippen molar-refractivity contribution < 1.29 is 52.8 Å². The summed E-state index contributed by atoms with van der Waals surface area (Å²) < 4.78 is 129. The highest BCUT2D eigenvalue weighted by Crippen LogP contribution is 2.35. The zero-order chi connectivity index (χ0) is 29.7. The summed E-state index contributed by atoms with van der Waals surface area (Å²) >= 11 is 0. The minimum Gasteiger partial charge on any atom is -0.268 e. The summed E-state index contributed by atoms with van der Waals surface area (Å²) in [7, 11) is -8.02. The van der Waals surface area contributed by atoms with Crippen molar-refractivity contribution in [3.05, 3.63) is 58.7 Å². The van der Waals surface area contributed by atoms with E-state index < -0.39 is 81.8 Å². The number of anilines is 1. The number of tetrazole rings is 1. The summed E-state index contributed by atoms with van der Waals surface area (Å²) in [6.07, 6.45) is -9.05. The molecular formula is C20H15F6N5O6S2. The number of imide groups is 1. The molecule has 2 amide bonds. The number of nitrogens with zero attached hydrogens (tertiary/aromatic N) is 5. The predicted octanol–water partition coefficient (Wildman–Crippen LogP) is 2.54. The maximum absolute atomic E-state index is 13.5. The molecule has 39 heavy (non-hydrogen) atoms. The van der Waals surface area contributed by atoms with E-state index in [9.17, 15) is 52.8 Å². The summed E-state index contributed by atoms with van der Waals surface area (Å²) in [6.45, 7) is 0. The van der Waals surface area contributed by atoms with Gasteiger partial charge in [-0.3, -0.25) is 9.59 Å². The maximum atomic E-state index is 13.5. The number of aromatic nitrogens is 4. The number of carbonyl (C=O) groups is 2. The first-order chi connectivity index (χ1) is 17.6. The molecule has 210 valence electrons. The van der Waals surface area contributed by atoms with Crippen LogP contribution in [0.1, 0.15) is 31.8 Å². The first-order valence-electron chi connectivity index (χ1n) is 10.1. The van der Waals surface area contributed by atoms with Crippen molar-refractivity contribution in [2.75, 3.05) is 17.4 Å². The predicted molar refractivity (Wildman–Crippen MR) is 119 cm³/mol. The molecule has 0 fully saturated rings. The van der Waals surface area contributed by atoms with Crippen molar-refractivity contribution in [1.82, 2.24) is 20.2 Å². The third-order valence-corrected chi connectivity index (χ3v) is 7.36. The van der Waals surface area contributed by atoms with Gasteiger partial charge in [-0.05, 0) is 46.8 Å². The van der Waals surface area contributed by atoms with Crippen LogP contribution in [0.2, 0.25) is 0 Å². The lowest BCUT2D eigenvalue weighted by molar-refractivity contribution is -0.138. The lowest BCUT2D eigenvalue weighted by atomic mass is 10.1. The second kappa shape index (κ2) is 9.70. The van der Waals surface area contributed by atoms with Gasteiger partial charge in [-0.25, -0.2) is 26.4 Å². The van der Waals surface area contributed by atoms with Gasteiger partial charge in [0.1, 0.15) is 0 Å². The molecule has 0 saturated carbocycles. The van der Waals surface area contributed by atoms with Crippen molar-refractivity contribution >= 4 is 37.4 Å². The van der Waals surface area contributed by atoms with Crippen LogP contribution in [0, 0.1) is 0 Å². The molecule has 0 aliphatic heterocycles. The highest BCUT2D eigenvalue weighted by molar-refractivity contribution is 7.91. The fourth-order valence-electron chi connectivity index (χ4n) is 3.29. The summed E-state index contributed by atoms with van der Waals surface area (Å²) in [5.41, 5.74) is -4.82. The Bertz CT molecular complexity index is 1590. The number of halogens is 6. The van der Waals surface area contributed by atoms with Crippen LogP contribution in [0.5, 0.6) is 0 Å². The molecule has 0 spiro atoms. The highest BCUT2D eigenvalue weighted by Gasteiger charge is 2.39. The number of amides is 2. The molecule has 0 atom stereocenters. The van der Waals surface area contributed by atoms with Gasteiger partial charge >= 0.3 is 12.4 Å². The lowest BCUT2D eigenvalue weighted by Gasteiger charge is -2.22. The molecule has 1 aromatic heterocycles. The van der Waals surface area contributed by atoms with E-state index >= 15 is 0 Å². The molecule has 0 aliphatic carbocycles. The largest absolute Gasteiger partial charge is 0.416 e. The molecule has 3 rings (SSSR count). The zero-order valence-electron chi connectivity index (χ0n) is 19.7. The molecule has 11 nitrogen and oxygen atoms in total. The molecule has 3 aromatic rings. The van der Waals surface area contributed by atoms with Crippen molar-refractivity contribution in [3.8, 4) is 0 Å². The van der Waals surface area contributed by atoms with Crippen LogP contribution in [-0.4, -0.2) is 61.4 Å². The van der Waals surface area contributed by atoms with E-state index in [0.717, 1.165) is 7.05 Å². The van der Waals surface area contributed by atoms with E-state index in [-0.39, 0.29) is 17.0 Å². The van der Waals surface area contributed by atoms with Gasteiger partial charge in [-0.15, -0.1) is 0 Å². The SMILES string of the molecule is Cn1nnnc1N(C(=O)c1ccc(C(F)(F)F)cc1S(C)(=O)=O)C(=O)c1ccc(C(F)(F)F)cc1S(C)(=O)=O. The second-order valence-corrected chi connectivity index (χ2v) is 12.0. The number of aryl methyl sites for hydroxylation is 1. The average molecular weight is 599 g/mol. The summed E-state index contributed by atoms with van der Waals surface area (Å²) in [5.74, 6) is -4.00. The van der Waals surface area contributed by atoms with Crippen LogP contribution in [0.15, 0.2) is 46.2 Å². The molecule has 0 saturated heterocycles. The number of sulfone groups is 2. The fourth-order valence-corrected chi connectivity index (χ4v) is 5.08. The molecular weight excluding hydrogens is 584 g/mol. The Labute approximate surface area is 215 Å². The molecule has 1 heterocycles. The van der Waals surface area contributed by atoms with E-state index in [4.69, 9.17) is 0 Å². The van der Waals surface area contributed by atoms with E-state index in [0.29, 0.717) is 41.5 Å². The first-order valence-corrected chi connectivity index (χ1v) is 13.9. The molecule has 19 heteroatoms. The van der Waals surface area contributed by atoms with Gasteiger partial charge < -0.3 is 0 Å². The van der Waals surface area contributed by atoms with Crippen LogP contribution in [-0.2, 0) is 39.1 Å². The first kappa shape index (κ1) is 29.7. The number of benzene rings is 2. The van der Waals surface area contributed by atoms with Crippen LogP contribution in [0.3, 0.4) is 0 Å². The fraction of sp³-hybridized carbons (Fsp3) is 0.250. The molecule has 0 radical (unpaired) electrons. The smallest absolute Gasteiger partial charge is 0.268 e. The molecule has 0 unspecified atom stereocenters. The molecule has 0 bridgehead atoms. The van der Waals surface area contributed by atoms with Gasteiger partial charge in [0, 0.05) is 19.6 Å². The number of hydrogen-bond donors (Lipinski definition) is 0. The normalized spacial score (nSPS) is 12.8. The van der Waals surface area contributed by atoms with Gasteiger partial charge in [0.15, 0.2) is 19.7 Å². The Balaban J connectivity index is 2.32. The minimum atomic E-state index is -5.02. The Hall–Kier alpha value is -3.87. The van der Waals surface area contributed by atoms with Crippen molar-refractivity contribution in [2.24, 2.45) is 7.05 Å². The second-order valence-electron chi connectivity index (χ2n) is 8.01. The van der Waals surface area contributed by atoms with Gasteiger partial charge in [0.2, 0.25) is 0 Å². The van der Waals surface area contributed by atoms with E-state index in [2.05, 4.69) is 15.5 Å². The highest BCUT2D eigenvalue weighted by atomic mass is 32.2. The van der Waals surface area contributed by atoms with Gasteiger partial charge in [-0.2, -0.15) is 26.3 Å². The van der Waals surface area contributed by atoms with E-state index in [1.807, 2.05) is 0 Å². The van der Waals surface area contributed by atoms with E-state index in [1.165, 1.54) is 0 Å². The zero-order valence-corrected chi connectivity index (χ0v) is 21.4. The standard InChI is InChI=1S/C20H15F6N5O6S2/c1-30-18(27-28-29-30)31(16(32)12-6-4-10(19(21,22)23)8-14(12)38(2,34)35)17(33)13-7-5-11(20(24,25)26)9-15(13)39(3,36)37/h4-9H,1-3H3. The number of alkyl halides is 6. The third-order valence-electron chi connectivity index (χ3n) is 5.08. The van der Waals surface area contributed by atoms with Crippen molar-refractivity contribution in [3.63, 3.8) is 0 Å². The van der Waals surface area contributed by atoms with Crippen molar-refractivity contribution in [1.29, 1.82) is 0 Å². The Kier molecular flexibility index (Phi) is 7.39. The van der Waals surface area contributed by atoms with Gasteiger partial charge in [0.05, 0.1) is 32.0 Å². The molecule has 0 N–H and O–H groups in total. The Morgan fingerprint density at radius 1 is 0.769 bits per heavy atom. The van der Waals surface area contributed by atoms with Gasteiger partial charge in [0.25, 0.3) is 17.8 Å². The Morgan fingerprint density at radius 3 is 1.44 bits per heavy atom. The van der Waals surface area contributed by atoms with Crippen LogP contribution < -0.4 is 4.90 Å². The summed E-state index contributed by atoms with van der Waals surface area (Å²) in [4.78, 5) is 24.8. The maximum Gasteiger partial charge on any atom is 0.416 e. The number of carbonyl (C=O) groups excluding carboxylic acids is 2. The third kappa shape index (κ3) is 6.08. The minimum absolute atomic E-state index is 0.0363. The monoisotopic (exact) mass is 599 g/mol. The van der Waals surface area contributed by atoms with Crippen molar-refractivity contribution in [2.45, 2.75) is 22.1 Å². The average Bonchev–Trinajstić information content (AvgIpc) is 3.21. The molecule has 0 aliphatic rings. The van der Waals surface area contributed by atoms with E-state index in [1.54, 1.807) is 0 Å².